The second-order valence-electron chi connectivity index (χ2n) is 4.69. The van der Waals surface area contributed by atoms with Gasteiger partial charge in [0.1, 0.15) is 17.8 Å². The van der Waals surface area contributed by atoms with Gasteiger partial charge >= 0.3 is 0 Å². The predicted octanol–water partition coefficient (Wildman–Crippen LogP) is 0.612. The van der Waals surface area contributed by atoms with E-state index >= 15 is 0 Å². The number of imide groups is 1. The van der Waals surface area contributed by atoms with Gasteiger partial charge in [-0.3, -0.25) is 24.7 Å². The number of nitrogens with zero attached hydrogens (tertiary/aromatic N) is 2. The molecule has 6 nitrogen and oxygen atoms in total. The molecule has 0 bridgehead atoms. The van der Waals surface area contributed by atoms with Crippen LogP contribution in [0.4, 0.5) is 0 Å². The third-order valence-electron chi connectivity index (χ3n) is 2.97. The zero-order chi connectivity index (χ0) is 14.2. The number of hydrogen-bond acceptors (Lipinski definition) is 4. The molecule has 7 heteroatoms. The van der Waals surface area contributed by atoms with Crippen molar-refractivity contribution < 1.29 is 14.4 Å². The van der Waals surface area contributed by atoms with E-state index in [1.165, 1.54) is 23.2 Å². The van der Waals surface area contributed by atoms with Crippen LogP contribution in [0.5, 0.6) is 0 Å². The highest BCUT2D eigenvalue weighted by atomic mass is 35.5. The minimum Gasteiger partial charge on any atom is -0.314 e. The molecule has 1 aromatic heterocycles. The van der Waals surface area contributed by atoms with Crippen molar-refractivity contribution in [2.75, 3.05) is 6.54 Å². The fourth-order valence-electron chi connectivity index (χ4n) is 1.77. The monoisotopic (exact) mass is 281 g/mol. The summed E-state index contributed by atoms with van der Waals surface area (Å²) in [6.07, 6.45) is 1.40. The lowest BCUT2D eigenvalue weighted by Gasteiger charge is -2.39. The molecule has 2 heterocycles. The summed E-state index contributed by atoms with van der Waals surface area (Å²) >= 11 is 5.80. The van der Waals surface area contributed by atoms with Crippen molar-refractivity contribution in [3.8, 4) is 0 Å². The Labute approximate surface area is 114 Å². The molecule has 1 aromatic rings. The standard InChI is InChI=1S/C12H12ClN3O3/c1-12(2)11(19)15-9(17)6-16(12)10(18)8-5-7(13)3-4-14-8/h3-5H,6H2,1-2H3,(H,15,17,19). The first kappa shape index (κ1) is 13.5. The fourth-order valence-corrected chi connectivity index (χ4v) is 1.93. The second kappa shape index (κ2) is 4.62. The number of carbonyl (C=O) groups is 3. The van der Waals surface area contributed by atoms with E-state index in [4.69, 9.17) is 11.6 Å². The predicted molar refractivity (Wildman–Crippen MR) is 67.5 cm³/mol. The number of aromatic nitrogens is 1. The first-order chi connectivity index (χ1) is 8.82. The van der Waals surface area contributed by atoms with Crippen LogP contribution in [0.1, 0.15) is 24.3 Å². The molecule has 0 unspecified atom stereocenters. The van der Waals surface area contributed by atoms with Crippen molar-refractivity contribution in [1.29, 1.82) is 0 Å². The maximum absolute atomic E-state index is 12.3. The van der Waals surface area contributed by atoms with Gasteiger partial charge in [-0.05, 0) is 26.0 Å². The Morgan fingerprint density at radius 3 is 2.79 bits per heavy atom. The number of pyridine rings is 1. The van der Waals surface area contributed by atoms with Crippen molar-refractivity contribution in [2.45, 2.75) is 19.4 Å². The van der Waals surface area contributed by atoms with Gasteiger partial charge in [0.15, 0.2) is 0 Å². The van der Waals surface area contributed by atoms with E-state index < -0.39 is 23.3 Å². The minimum atomic E-state index is -1.12. The molecule has 1 fully saturated rings. The van der Waals surface area contributed by atoms with Gasteiger partial charge in [-0.25, -0.2) is 0 Å². The third-order valence-corrected chi connectivity index (χ3v) is 3.21. The zero-order valence-corrected chi connectivity index (χ0v) is 11.2. The van der Waals surface area contributed by atoms with Crippen molar-refractivity contribution in [2.24, 2.45) is 0 Å². The van der Waals surface area contributed by atoms with Crippen molar-refractivity contribution >= 4 is 29.3 Å². The smallest absolute Gasteiger partial charge is 0.273 e. The lowest BCUT2D eigenvalue weighted by atomic mass is 9.98. The average molecular weight is 282 g/mol. The quantitative estimate of drug-likeness (QED) is 0.765. The Morgan fingerprint density at radius 2 is 2.16 bits per heavy atom. The van der Waals surface area contributed by atoms with Gasteiger partial charge in [-0.1, -0.05) is 11.6 Å². The molecule has 0 atom stereocenters. The van der Waals surface area contributed by atoms with Crippen LogP contribution in [0, 0.1) is 0 Å². The highest BCUT2D eigenvalue weighted by Crippen LogP contribution is 2.21. The van der Waals surface area contributed by atoms with E-state index in [-0.39, 0.29) is 12.2 Å². The Balaban J connectivity index is 2.36. The average Bonchev–Trinajstić information content (AvgIpc) is 2.33. The molecule has 1 aliphatic heterocycles. The van der Waals surface area contributed by atoms with Crippen LogP contribution >= 0.6 is 11.6 Å². The molecule has 3 amide bonds. The molecular weight excluding hydrogens is 270 g/mol. The van der Waals surface area contributed by atoms with Crippen molar-refractivity contribution in [1.82, 2.24) is 15.2 Å². The van der Waals surface area contributed by atoms with E-state index in [1.54, 1.807) is 13.8 Å². The fraction of sp³-hybridized carbons (Fsp3) is 0.333. The number of carbonyl (C=O) groups excluding carboxylic acids is 3. The van der Waals surface area contributed by atoms with Gasteiger partial charge in [0.25, 0.3) is 11.8 Å². The molecule has 100 valence electrons. The molecule has 19 heavy (non-hydrogen) atoms. The lowest BCUT2D eigenvalue weighted by Crippen LogP contribution is -2.65. The summed E-state index contributed by atoms with van der Waals surface area (Å²) in [5, 5.41) is 2.56. The highest BCUT2D eigenvalue weighted by Gasteiger charge is 2.44. The van der Waals surface area contributed by atoms with Gasteiger partial charge in [0.05, 0.1) is 0 Å². The van der Waals surface area contributed by atoms with Gasteiger partial charge in [0, 0.05) is 11.2 Å². The maximum atomic E-state index is 12.3. The van der Waals surface area contributed by atoms with Crippen LogP contribution in [0.3, 0.4) is 0 Å². The maximum Gasteiger partial charge on any atom is 0.273 e. The van der Waals surface area contributed by atoms with E-state index in [1.807, 2.05) is 0 Å². The van der Waals surface area contributed by atoms with Crippen LogP contribution < -0.4 is 5.32 Å². The van der Waals surface area contributed by atoms with Crippen molar-refractivity contribution in [3.05, 3.63) is 29.0 Å². The van der Waals surface area contributed by atoms with Gasteiger partial charge in [-0.15, -0.1) is 0 Å². The van der Waals surface area contributed by atoms with Crippen LogP contribution in [-0.4, -0.2) is 39.7 Å². The van der Waals surface area contributed by atoms with E-state index in [9.17, 15) is 14.4 Å². The number of piperazine rings is 1. The first-order valence-electron chi connectivity index (χ1n) is 5.60. The summed E-state index contributed by atoms with van der Waals surface area (Å²) in [5.41, 5.74) is -1.02. The summed E-state index contributed by atoms with van der Waals surface area (Å²) in [5.74, 6) is -1.53. The molecule has 0 radical (unpaired) electrons. The van der Waals surface area contributed by atoms with E-state index in [0.717, 1.165) is 0 Å². The topological polar surface area (TPSA) is 79.4 Å². The first-order valence-corrected chi connectivity index (χ1v) is 5.98. The van der Waals surface area contributed by atoms with Gasteiger partial charge in [0.2, 0.25) is 5.91 Å². The molecule has 0 aliphatic carbocycles. The Bertz CT molecular complexity index is 571. The molecule has 1 N–H and O–H groups in total. The van der Waals surface area contributed by atoms with Gasteiger partial charge in [-0.2, -0.15) is 0 Å². The summed E-state index contributed by atoms with van der Waals surface area (Å²) < 4.78 is 0. The molecule has 1 saturated heterocycles. The number of nitrogens with one attached hydrogen (secondary N) is 1. The number of hydrogen-bond donors (Lipinski definition) is 1. The molecule has 0 spiro atoms. The van der Waals surface area contributed by atoms with Gasteiger partial charge < -0.3 is 4.90 Å². The molecular formula is C12H12ClN3O3. The Morgan fingerprint density at radius 1 is 1.47 bits per heavy atom. The SMILES string of the molecule is CC1(C)C(=O)NC(=O)CN1C(=O)c1cc(Cl)ccn1. The zero-order valence-electron chi connectivity index (χ0n) is 10.4. The second-order valence-corrected chi connectivity index (χ2v) is 5.12. The largest absolute Gasteiger partial charge is 0.314 e. The Kier molecular flexibility index (Phi) is 3.28. The summed E-state index contributed by atoms with van der Waals surface area (Å²) in [7, 11) is 0. The van der Waals surface area contributed by atoms with Crippen LogP contribution in [0.2, 0.25) is 5.02 Å². The van der Waals surface area contributed by atoms with Crippen LogP contribution in [0.15, 0.2) is 18.3 Å². The van der Waals surface area contributed by atoms with E-state index in [2.05, 4.69) is 10.3 Å². The van der Waals surface area contributed by atoms with E-state index in [0.29, 0.717) is 5.02 Å². The summed E-state index contributed by atoms with van der Waals surface area (Å²) in [6.45, 7) is 2.94. The summed E-state index contributed by atoms with van der Waals surface area (Å²) in [4.78, 5) is 40.6. The highest BCUT2D eigenvalue weighted by molar-refractivity contribution is 6.30. The number of rotatable bonds is 1. The number of amides is 3. The summed E-state index contributed by atoms with van der Waals surface area (Å²) in [6, 6.07) is 2.94. The Hall–Kier alpha value is -1.95. The normalized spacial score (nSPS) is 18.2. The minimum absolute atomic E-state index is 0.100. The van der Waals surface area contributed by atoms with Crippen LogP contribution in [-0.2, 0) is 9.59 Å². The van der Waals surface area contributed by atoms with Crippen LogP contribution in [0.25, 0.3) is 0 Å². The molecule has 0 aromatic carbocycles. The number of halogens is 1. The van der Waals surface area contributed by atoms with Crippen molar-refractivity contribution in [3.63, 3.8) is 0 Å². The molecule has 0 saturated carbocycles. The lowest BCUT2D eigenvalue weighted by molar-refractivity contribution is -0.143. The third kappa shape index (κ3) is 2.44. The molecule has 2 rings (SSSR count). The molecule has 1 aliphatic rings.